The molecule has 0 heterocycles. The zero-order valence-corrected chi connectivity index (χ0v) is 13.0. The number of benzene rings is 1. The molecule has 1 aromatic carbocycles. The Balaban J connectivity index is 2.52. The Kier molecular flexibility index (Phi) is 5.84. The van der Waals surface area contributed by atoms with Crippen LogP contribution in [0.15, 0.2) is 18.2 Å². The third-order valence-corrected chi connectivity index (χ3v) is 3.05. The SMILES string of the molecule is COc1ccc(Cl)cc1NCCC(=O)NC(C)(C)C(=O)O. The molecule has 1 rings (SSSR count). The summed E-state index contributed by atoms with van der Waals surface area (Å²) in [6, 6.07) is 5.12. The molecule has 0 fully saturated rings. The predicted octanol–water partition coefficient (Wildman–Crippen LogP) is 2.13. The highest BCUT2D eigenvalue weighted by molar-refractivity contribution is 6.30. The second kappa shape index (κ2) is 7.17. The van der Waals surface area contributed by atoms with E-state index in [1.165, 1.54) is 21.0 Å². The van der Waals surface area contributed by atoms with Crippen LogP contribution in [0, 0.1) is 0 Å². The van der Waals surface area contributed by atoms with E-state index in [0.29, 0.717) is 23.0 Å². The van der Waals surface area contributed by atoms with E-state index in [0.717, 1.165) is 0 Å². The second-order valence-electron chi connectivity index (χ2n) is 5.00. The fourth-order valence-electron chi connectivity index (χ4n) is 1.59. The van der Waals surface area contributed by atoms with E-state index in [1.54, 1.807) is 18.2 Å². The number of carbonyl (C=O) groups is 2. The first-order chi connectivity index (χ1) is 9.76. The summed E-state index contributed by atoms with van der Waals surface area (Å²) in [5.74, 6) is -0.818. The van der Waals surface area contributed by atoms with E-state index in [2.05, 4.69) is 10.6 Å². The minimum Gasteiger partial charge on any atom is -0.495 e. The standard InChI is InChI=1S/C14H19ClN2O4/c1-14(2,13(19)20)17-12(18)6-7-16-10-8-9(15)4-5-11(10)21-3/h4-5,8,16H,6-7H2,1-3H3,(H,17,18)(H,19,20). The fourth-order valence-corrected chi connectivity index (χ4v) is 1.77. The van der Waals surface area contributed by atoms with Crippen molar-refractivity contribution in [3.63, 3.8) is 0 Å². The highest BCUT2D eigenvalue weighted by atomic mass is 35.5. The zero-order valence-electron chi connectivity index (χ0n) is 12.2. The molecule has 0 bridgehead atoms. The maximum Gasteiger partial charge on any atom is 0.328 e. The number of hydrogen-bond donors (Lipinski definition) is 3. The fraction of sp³-hybridized carbons (Fsp3) is 0.429. The topological polar surface area (TPSA) is 87.7 Å². The minimum absolute atomic E-state index is 0.131. The van der Waals surface area contributed by atoms with Gasteiger partial charge in [-0.3, -0.25) is 4.79 Å². The number of methoxy groups -OCH3 is 1. The zero-order chi connectivity index (χ0) is 16.0. The second-order valence-corrected chi connectivity index (χ2v) is 5.44. The highest BCUT2D eigenvalue weighted by Crippen LogP contribution is 2.27. The van der Waals surface area contributed by atoms with E-state index in [9.17, 15) is 9.59 Å². The number of carboxylic acids is 1. The van der Waals surface area contributed by atoms with Crippen LogP contribution in [-0.2, 0) is 9.59 Å². The molecular formula is C14H19ClN2O4. The van der Waals surface area contributed by atoms with Gasteiger partial charge < -0.3 is 20.5 Å². The molecule has 0 aliphatic heterocycles. The van der Waals surface area contributed by atoms with Gasteiger partial charge in [-0.25, -0.2) is 4.79 Å². The largest absolute Gasteiger partial charge is 0.495 e. The third-order valence-electron chi connectivity index (χ3n) is 2.82. The van der Waals surface area contributed by atoms with Crippen molar-refractivity contribution in [2.24, 2.45) is 0 Å². The molecule has 0 aromatic heterocycles. The molecule has 0 aliphatic rings. The summed E-state index contributed by atoms with van der Waals surface area (Å²) in [7, 11) is 1.54. The highest BCUT2D eigenvalue weighted by Gasteiger charge is 2.28. The maximum absolute atomic E-state index is 11.7. The van der Waals surface area contributed by atoms with Gasteiger partial charge in [0.2, 0.25) is 5.91 Å². The number of rotatable bonds is 7. The number of nitrogens with one attached hydrogen (secondary N) is 2. The normalized spacial score (nSPS) is 10.9. The van der Waals surface area contributed by atoms with Gasteiger partial charge in [0, 0.05) is 18.0 Å². The molecule has 1 amide bonds. The van der Waals surface area contributed by atoms with Crippen molar-refractivity contribution >= 4 is 29.2 Å². The van der Waals surface area contributed by atoms with Crippen molar-refractivity contribution in [1.82, 2.24) is 5.32 Å². The molecule has 0 spiro atoms. The van der Waals surface area contributed by atoms with E-state index >= 15 is 0 Å². The Labute approximate surface area is 128 Å². The van der Waals surface area contributed by atoms with E-state index in [1.807, 2.05) is 0 Å². The number of amides is 1. The first kappa shape index (κ1) is 17.1. The summed E-state index contributed by atoms with van der Waals surface area (Å²) in [5, 5.41) is 15.0. The van der Waals surface area contributed by atoms with Crippen LogP contribution in [0.25, 0.3) is 0 Å². The van der Waals surface area contributed by atoms with Crippen LogP contribution in [0.4, 0.5) is 5.69 Å². The van der Waals surface area contributed by atoms with Crippen LogP contribution >= 0.6 is 11.6 Å². The van der Waals surface area contributed by atoms with Crippen molar-refractivity contribution in [3.05, 3.63) is 23.2 Å². The molecule has 0 saturated heterocycles. The van der Waals surface area contributed by atoms with E-state index in [4.69, 9.17) is 21.4 Å². The smallest absolute Gasteiger partial charge is 0.328 e. The Hall–Kier alpha value is -1.95. The van der Waals surface area contributed by atoms with Crippen LogP contribution in [-0.4, -0.2) is 36.2 Å². The summed E-state index contributed by atoms with van der Waals surface area (Å²) in [6.45, 7) is 3.19. The molecule has 0 unspecified atom stereocenters. The molecule has 0 radical (unpaired) electrons. The van der Waals surface area contributed by atoms with Gasteiger partial charge in [-0.05, 0) is 32.0 Å². The first-order valence-electron chi connectivity index (χ1n) is 6.38. The lowest BCUT2D eigenvalue weighted by molar-refractivity contribution is -0.146. The summed E-state index contributed by atoms with van der Waals surface area (Å²) >= 11 is 5.90. The quantitative estimate of drug-likeness (QED) is 0.717. The van der Waals surface area contributed by atoms with Crippen LogP contribution in [0.1, 0.15) is 20.3 Å². The van der Waals surface area contributed by atoms with E-state index < -0.39 is 11.5 Å². The maximum atomic E-state index is 11.7. The molecule has 0 aliphatic carbocycles. The first-order valence-corrected chi connectivity index (χ1v) is 6.76. The summed E-state index contributed by atoms with van der Waals surface area (Å²) in [4.78, 5) is 22.6. The molecule has 1 aromatic rings. The number of halogens is 1. The predicted molar refractivity (Wildman–Crippen MR) is 81.0 cm³/mol. The number of ether oxygens (including phenoxy) is 1. The Morgan fingerprint density at radius 2 is 2.05 bits per heavy atom. The molecule has 6 nitrogen and oxygen atoms in total. The molecule has 0 saturated carbocycles. The molecular weight excluding hydrogens is 296 g/mol. The van der Waals surface area contributed by atoms with Crippen molar-refractivity contribution in [2.75, 3.05) is 19.0 Å². The third kappa shape index (κ3) is 5.15. The number of carboxylic acid groups (broad SMARTS) is 1. The van der Waals surface area contributed by atoms with Gasteiger partial charge in [0.05, 0.1) is 12.8 Å². The molecule has 7 heteroatoms. The molecule has 0 atom stereocenters. The van der Waals surface area contributed by atoms with Crippen molar-refractivity contribution in [2.45, 2.75) is 25.8 Å². The van der Waals surface area contributed by atoms with Crippen molar-refractivity contribution in [1.29, 1.82) is 0 Å². The van der Waals surface area contributed by atoms with Crippen molar-refractivity contribution in [3.8, 4) is 5.75 Å². The lowest BCUT2D eigenvalue weighted by Gasteiger charge is -2.21. The number of hydrogen-bond acceptors (Lipinski definition) is 4. The van der Waals surface area contributed by atoms with Gasteiger partial charge in [0.15, 0.2) is 0 Å². The average Bonchev–Trinajstić information content (AvgIpc) is 2.38. The Morgan fingerprint density at radius 1 is 1.38 bits per heavy atom. The molecule has 21 heavy (non-hydrogen) atoms. The average molecular weight is 315 g/mol. The summed E-state index contributed by atoms with van der Waals surface area (Å²) < 4.78 is 5.17. The number of carbonyl (C=O) groups excluding carboxylic acids is 1. The van der Waals surface area contributed by atoms with Crippen molar-refractivity contribution < 1.29 is 19.4 Å². The van der Waals surface area contributed by atoms with Gasteiger partial charge >= 0.3 is 5.97 Å². The monoisotopic (exact) mass is 314 g/mol. The van der Waals surface area contributed by atoms with Crippen LogP contribution in [0.5, 0.6) is 5.75 Å². The molecule has 116 valence electrons. The lowest BCUT2D eigenvalue weighted by atomic mass is 10.1. The summed E-state index contributed by atoms with van der Waals surface area (Å²) in [5.41, 5.74) is -0.611. The molecule has 3 N–H and O–H groups in total. The minimum atomic E-state index is -1.29. The van der Waals surface area contributed by atoms with E-state index in [-0.39, 0.29) is 12.3 Å². The Morgan fingerprint density at radius 3 is 2.62 bits per heavy atom. The van der Waals surface area contributed by atoms with Gasteiger partial charge in [0.1, 0.15) is 11.3 Å². The lowest BCUT2D eigenvalue weighted by Crippen LogP contribution is -2.49. The van der Waals surface area contributed by atoms with Gasteiger partial charge in [-0.1, -0.05) is 11.6 Å². The van der Waals surface area contributed by atoms with Crippen LogP contribution in [0.2, 0.25) is 5.02 Å². The van der Waals surface area contributed by atoms with Gasteiger partial charge in [-0.15, -0.1) is 0 Å². The summed E-state index contributed by atoms with van der Waals surface area (Å²) in [6.07, 6.45) is 0.131. The van der Waals surface area contributed by atoms with Gasteiger partial charge in [0.25, 0.3) is 0 Å². The van der Waals surface area contributed by atoms with Gasteiger partial charge in [-0.2, -0.15) is 0 Å². The van der Waals surface area contributed by atoms with Crippen LogP contribution < -0.4 is 15.4 Å². The number of aliphatic carboxylic acids is 1. The Bertz CT molecular complexity index is 532. The van der Waals surface area contributed by atoms with Crippen LogP contribution in [0.3, 0.4) is 0 Å². The number of anilines is 1.